The van der Waals surface area contributed by atoms with Gasteiger partial charge in [-0.25, -0.2) is 9.37 Å². The van der Waals surface area contributed by atoms with Crippen LogP contribution in [0.1, 0.15) is 13.3 Å². The summed E-state index contributed by atoms with van der Waals surface area (Å²) in [4.78, 5) is 8.37. The summed E-state index contributed by atoms with van der Waals surface area (Å²) in [6.45, 7) is 2.82. The van der Waals surface area contributed by atoms with Gasteiger partial charge < -0.3 is 15.4 Å². The van der Waals surface area contributed by atoms with Crippen LogP contribution in [-0.2, 0) is 0 Å². The average Bonchev–Trinajstić information content (AvgIpc) is 2.50. The number of hydrogen-bond acceptors (Lipinski definition) is 5. The van der Waals surface area contributed by atoms with E-state index in [1.165, 1.54) is 25.4 Å². The Hall–Kier alpha value is -2.08. The molecule has 2 N–H and O–H groups in total. The summed E-state index contributed by atoms with van der Waals surface area (Å²) in [5.74, 6) is 0.647. The highest BCUT2D eigenvalue weighted by Gasteiger charge is 2.08. The highest BCUT2D eigenvalue weighted by atomic mass is 35.5. The van der Waals surface area contributed by atoms with Crippen molar-refractivity contribution in [2.45, 2.75) is 13.3 Å². The number of ether oxygens (including phenoxy) is 1. The quantitative estimate of drug-likeness (QED) is 0.849. The Kier molecular flexibility index (Phi) is 5.16. The lowest BCUT2D eigenvalue weighted by Crippen LogP contribution is -2.06. The summed E-state index contributed by atoms with van der Waals surface area (Å²) in [7, 11) is 1.41. The molecule has 2 rings (SSSR count). The Morgan fingerprint density at radius 1 is 1.38 bits per heavy atom. The molecule has 0 unspecified atom stereocenters. The van der Waals surface area contributed by atoms with Crippen molar-refractivity contribution in [1.29, 1.82) is 0 Å². The summed E-state index contributed by atoms with van der Waals surface area (Å²) >= 11 is 6.06. The van der Waals surface area contributed by atoms with Gasteiger partial charge in [-0.15, -0.1) is 0 Å². The van der Waals surface area contributed by atoms with E-state index in [0.29, 0.717) is 22.5 Å². The van der Waals surface area contributed by atoms with E-state index in [0.717, 1.165) is 13.0 Å². The molecule has 0 bridgehead atoms. The predicted molar refractivity (Wildman–Crippen MR) is 82.1 cm³/mol. The van der Waals surface area contributed by atoms with Crippen LogP contribution in [0, 0.1) is 5.82 Å². The van der Waals surface area contributed by atoms with E-state index >= 15 is 0 Å². The standard InChI is InChI=1S/C14H16ClFN4O/c1-3-6-17-14-18-8-10(15)13(20-14)19-9-4-5-11(16)12(7-9)21-2/h4-5,7-8H,3,6H2,1-2H3,(H2,17,18,19,20). The molecule has 1 aromatic carbocycles. The molecule has 112 valence electrons. The molecule has 0 aliphatic heterocycles. The van der Waals surface area contributed by atoms with Crippen LogP contribution < -0.4 is 15.4 Å². The molecule has 0 spiro atoms. The normalized spacial score (nSPS) is 10.3. The van der Waals surface area contributed by atoms with Crippen molar-refractivity contribution in [1.82, 2.24) is 9.97 Å². The molecule has 21 heavy (non-hydrogen) atoms. The van der Waals surface area contributed by atoms with Gasteiger partial charge in [-0.05, 0) is 18.6 Å². The summed E-state index contributed by atoms with van der Waals surface area (Å²) in [6.07, 6.45) is 2.47. The predicted octanol–water partition coefficient (Wildman–Crippen LogP) is 3.84. The second kappa shape index (κ2) is 7.08. The van der Waals surface area contributed by atoms with E-state index < -0.39 is 5.82 Å². The number of methoxy groups -OCH3 is 1. The number of halogens is 2. The Balaban J connectivity index is 2.22. The number of nitrogens with zero attached hydrogens (tertiary/aromatic N) is 2. The van der Waals surface area contributed by atoms with Crippen LogP contribution in [0.25, 0.3) is 0 Å². The molecular formula is C14H16ClFN4O. The van der Waals surface area contributed by atoms with Gasteiger partial charge in [-0.2, -0.15) is 4.98 Å². The summed E-state index contributed by atoms with van der Waals surface area (Å²) in [6, 6.07) is 4.43. The SMILES string of the molecule is CCCNc1ncc(Cl)c(Nc2ccc(F)c(OC)c2)n1. The molecule has 7 heteroatoms. The second-order valence-corrected chi connectivity index (χ2v) is 4.70. The summed E-state index contributed by atoms with van der Waals surface area (Å²) in [5.41, 5.74) is 0.621. The molecule has 0 amide bonds. The van der Waals surface area contributed by atoms with Crippen LogP contribution in [0.2, 0.25) is 5.02 Å². The molecule has 1 heterocycles. The Morgan fingerprint density at radius 3 is 2.90 bits per heavy atom. The number of aromatic nitrogens is 2. The molecule has 1 aromatic heterocycles. The first kappa shape index (κ1) is 15.3. The monoisotopic (exact) mass is 310 g/mol. The zero-order valence-electron chi connectivity index (χ0n) is 11.8. The molecule has 5 nitrogen and oxygen atoms in total. The van der Waals surface area contributed by atoms with Crippen molar-refractivity contribution in [3.8, 4) is 5.75 Å². The number of hydrogen-bond donors (Lipinski definition) is 2. The molecule has 0 saturated heterocycles. The van der Waals surface area contributed by atoms with Crippen LogP contribution in [-0.4, -0.2) is 23.6 Å². The number of benzene rings is 1. The average molecular weight is 311 g/mol. The lowest BCUT2D eigenvalue weighted by Gasteiger charge is -2.11. The van der Waals surface area contributed by atoms with Gasteiger partial charge in [-0.1, -0.05) is 18.5 Å². The molecule has 0 aliphatic carbocycles. The first-order valence-electron chi connectivity index (χ1n) is 6.51. The summed E-state index contributed by atoms with van der Waals surface area (Å²) in [5, 5.41) is 6.47. The third kappa shape index (κ3) is 3.95. The highest BCUT2D eigenvalue weighted by Crippen LogP contribution is 2.27. The van der Waals surface area contributed by atoms with E-state index in [2.05, 4.69) is 20.6 Å². The van der Waals surface area contributed by atoms with Crippen molar-refractivity contribution < 1.29 is 9.13 Å². The zero-order valence-corrected chi connectivity index (χ0v) is 12.5. The Bertz CT molecular complexity index is 624. The maximum absolute atomic E-state index is 13.4. The minimum Gasteiger partial charge on any atom is -0.494 e. The van der Waals surface area contributed by atoms with E-state index in [1.807, 2.05) is 6.92 Å². The topological polar surface area (TPSA) is 59.1 Å². The smallest absolute Gasteiger partial charge is 0.224 e. The van der Waals surface area contributed by atoms with Crippen LogP contribution in [0.5, 0.6) is 5.75 Å². The second-order valence-electron chi connectivity index (χ2n) is 4.29. The van der Waals surface area contributed by atoms with E-state index in [9.17, 15) is 4.39 Å². The van der Waals surface area contributed by atoms with Gasteiger partial charge in [-0.3, -0.25) is 0 Å². The van der Waals surface area contributed by atoms with Gasteiger partial charge >= 0.3 is 0 Å². The minimum atomic E-state index is -0.429. The van der Waals surface area contributed by atoms with Gasteiger partial charge in [0.1, 0.15) is 5.02 Å². The van der Waals surface area contributed by atoms with Crippen molar-refractivity contribution in [3.63, 3.8) is 0 Å². The van der Waals surface area contributed by atoms with Gasteiger partial charge in [0.15, 0.2) is 17.4 Å². The molecule has 0 atom stereocenters. The number of rotatable bonds is 6. The van der Waals surface area contributed by atoms with Gasteiger partial charge in [0.05, 0.1) is 13.3 Å². The zero-order chi connectivity index (χ0) is 15.2. The minimum absolute atomic E-state index is 0.148. The summed E-state index contributed by atoms with van der Waals surface area (Å²) < 4.78 is 18.3. The molecule has 0 saturated carbocycles. The van der Waals surface area contributed by atoms with Crippen molar-refractivity contribution >= 4 is 29.1 Å². The first-order valence-corrected chi connectivity index (χ1v) is 6.88. The lowest BCUT2D eigenvalue weighted by atomic mass is 10.3. The van der Waals surface area contributed by atoms with Crippen molar-refractivity contribution in [2.24, 2.45) is 0 Å². The molecule has 0 fully saturated rings. The van der Waals surface area contributed by atoms with Crippen molar-refractivity contribution in [3.05, 3.63) is 35.2 Å². The molecule has 2 aromatic rings. The molecule has 0 aliphatic rings. The van der Waals surface area contributed by atoms with Crippen LogP contribution >= 0.6 is 11.6 Å². The molecular weight excluding hydrogens is 295 g/mol. The Labute approximate surface area is 127 Å². The fourth-order valence-corrected chi connectivity index (χ4v) is 1.79. The third-order valence-electron chi connectivity index (χ3n) is 2.69. The fourth-order valence-electron chi connectivity index (χ4n) is 1.65. The van der Waals surface area contributed by atoms with E-state index in [-0.39, 0.29) is 5.75 Å². The number of anilines is 3. The van der Waals surface area contributed by atoms with Gasteiger partial charge in [0.2, 0.25) is 5.95 Å². The first-order chi connectivity index (χ1) is 10.1. The number of nitrogens with one attached hydrogen (secondary N) is 2. The van der Waals surface area contributed by atoms with Gasteiger partial charge in [0.25, 0.3) is 0 Å². The van der Waals surface area contributed by atoms with E-state index in [1.54, 1.807) is 6.07 Å². The van der Waals surface area contributed by atoms with Crippen LogP contribution in [0.4, 0.5) is 21.8 Å². The van der Waals surface area contributed by atoms with Crippen LogP contribution in [0.3, 0.4) is 0 Å². The third-order valence-corrected chi connectivity index (χ3v) is 2.97. The van der Waals surface area contributed by atoms with E-state index in [4.69, 9.17) is 16.3 Å². The highest BCUT2D eigenvalue weighted by molar-refractivity contribution is 6.32. The van der Waals surface area contributed by atoms with Crippen LogP contribution in [0.15, 0.2) is 24.4 Å². The maximum Gasteiger partial charge on any atom is 0.224 e. The molecule has 0 radical (unpaired) electrons. The maximum atomic E-state index is 13.4. The lowest BCUT2D eigenvalue weighted by molar-refractivity contribution is 0.387. The fraction of sp³-hybridized carbons (Fsp3) is 0.286. The van der Waals surface area contributed by atoms with Crippen molar-refractivity contribution in [2.75, 3.05) is 24.3 Å². The largest absolute Gasteiger partial charge is 0.494 e. The van der Waals surface area contributed by atoms with Gasteiger partial charge in [0, 0.05) is 18.3 Å². The Morgan fingerprint density at radius 2 is 2.19 bits per heavy atom.